The topological polar surface area (TPSA) is 77.1 Å². The summed E-state index contributed by atoms with van der Waals surface area (Å²) in [5, 5.41) is 2.91. The molecule has 0 spiro atoms. The van der Waals surface area contributed by atoms with Crippen molar-refractivity contribution in [2.24, 2.45) is 0 Å². The Morgan fingerprint density at radius 3 is 2.39 bits per heavy atom. The van der Waals surface area contributed by atoms with Gasteiger partial charge in [0.2, 0.25) is 0 Å². The summed E-state index contributed by atoms with van der Waals surface area (Å²) < 4.78 is 16.6. The number of nitrogens with one attached hydrogen (secondary N) is 1. The number of anilines is 1. The summed E-state index contributed by atoms with van der Waals surface area (Å²) in [4.78, 5) is 27.7. The van der Waals surface area contributed by atoms with Crippen molar-refractivity contribution in [1.29, 1.82) is 0 Å². The molecule has 1 N–H and O–H groups in total. The molecule has 1 heterocycles. The highest BCUT2D eigenvalue weighted by Crippen LogP contribution is 2.32. The van der Waals surface area contributed by atoms with Gasteiger partial charge in [0.1, 0.15) is 22.8 Å². The van der Waals surface area contributed by atoms with Gasteiger partial charge in [-0.05, 0) is 42.8 Å². The average Bonchev–Trinajstić information content (AvgIpc) is 2.95. The minimum Gasteiger partial charge on any atom is -0.496 e. The molecule has 7 heteroatoms. The molecule has 1 atom stereocenters. The molecule has 3 aromatic carbocycles. The van der Waals surface area contributed by atoms with Gasteiger partial charge >= 0.3 is 0 Å². The van der Waals surface area contributed by atoms with Crippen molar-refractivity contribution in [3.05, 3.63) is 83.4 Å². The second kappa shape index (κ2) is 9.65. The Kier molecular flexibility index (Phi) is 6.49. The minimum atomic E-state index is -0.603. The third kappa shape index (κ3) is 4.77. The van der Waals surface area contributed by atoms with Crippen molar-refractivity contribution in [1.82, 2.24) is 4.90 Å². The molecule has 1 unspecified atom stereocenters. The maximum absolute atomic E-state index is 13.1. The molecule has 0 aromatic heterocycles. The van der Waals surface area contributed by atoms with Crippen molar-refractivity contribution in [3.8, 4) is 17.2 Å². The van der Waals surface area contributed by atoms with Crippen LogP contribution in [0.2, 0.25) is 0 Å². The molecule has 0 aliphatic carbocycles. The summed E-state index contributed by atoms with van der Waals surface area (Å²) in [6.07, 6.45) is -0.603. The first-order valence-corrected chi connectivity index (χ1v) is 10.6. The van der Waals surface area contributed by atoms with Crippen LogP contribution in [-0.2, 0) is 17.9 Å². The van der Waals surface area contributed by atoms with Crippen molar-refractivity contribution in [3.63, 3.8) is 0 Å². The highest BCUT2D eigenvalue weighted by molar-refractivity contribution is 6.08. The molecule has 3 aromatic rings. The van der Waals surface area contributed by atoms with Crippen LogP contribution < -0.4 is 19.5 Å². The molecule has 0 radical (unpaired) electrons. The number of hydrogen-bond acceptors (Lipinski definition) is 5. The molecule has 1 aliphatic heterocycles. The fourth-order valence-electron chi connectivity index (χ4n) is 3.88. The van der Waals surface area contributed by atoms with Gasteiger partial charge in [0, 0.05) is 24.3 Å². The third-order valence-electron chi connectivity index (χ3n) is 5.51. The fraction of sp³-hybridized carbons (Fsp3) is 0.231. The highest BCUT2D eigenvalue weighted by Gasteiger charge is 2.28. The van der Waals surface area contributed by atoms with Gasteiger partial charge in [-0.15, -0.1) is 0 Å². The number of rotatable bonds is 6. The quantitative estimate of drug-likeness (QED) is 0.612. The van der Waals surface area contributed by atoms with Gasteiger partial charge in [-0.25, -0.2) is 0 Å². The lowest BCUT2D eigenvalue weighted by atomic mass is 10.1. The van der Waals surface area contributed by atoms with Crippen LogP contribution in [0.4, 0.5) is 5.69 Å². The number of methoxy groups -OCH3 is 2. The smallest absolute Gasteiger partial charge is 0.263 e. The largest absolute Gasteiger partial charge is 0.496 e. The van der Waals surface area contributed by atoms with Gasteiger partial charge in [-0.1, -0.05) is 36.4 Å². The summed E-state index contributed by atoms with van der Waals surface area (Å²) in [6, 6.07) is 20.4. The molecule has 170 valence electrons. The van der Waals surface area contributed by atoms with E-state index in [1.165, 1.54) is 14.2 Å². The zero-order valence-corrected chi connectivity index (χ0v) is 18.8. The number of carbonyl (C=O) groups excluding carboxylic acids is 2. The molecule has 0 bridgehead atoms. The standard InChI is InChI=1S/C26H26N2O5/c1-17-26(30)28(15-18-8-5-4-6-9-18)16-19-14-20(12-13-21(19)33-17)27-25(29)24-22(31-2)10-7-11-23(24)32-3/h4-14,17H,15-16H2,1-3H3,(H,27,29). The lowest BCUT2D eigenvalue weighted by Crippen LogP contribution is -2.37. The van der Waals surface area contributed by atoms with Crippen LogP contribution in [0.15, 0.2) is 66.7 Å². The predicted octanol–water partition coefficient (Wildman–Crippen LogP) is 4.27. The number of benzene rings is 3. The molecule has 7 nitrogen and oxygen atoms in total. The van der Waals surface area contributed by atoms with E-state index in [2.05, 4.69) is 5.32 Å². The highest BCUT2D eigenvalue weighted by atomic mass is 16.5. The second-order valence-corrected chi connectivity index (χ2v) is 7.75. The first-order valence-electron chi connectivity index (χ1n) is 10.6. The maximum atomic E-state index is 13.1. The summed E-state index contributed by atoms with van der Waals surface area (Å²) in [6.45, 7) is 2.59. The van der Waals surface area contributed by atoms with E-state index >= 15 is 0 Å². The first-order chi connectivity index (χ1) is 16.0. The van der Waals surface area contributed by atoms with E-state index in [1.807, 2.05) is 36.4 Å². The Morgan fingerprint density at radius 1 is 1.03 bits per heavy atom. The average molecular weight is 447 g/mol. The van der Waals surface area contributed by atoms with Gasteiger partial charge in [0.25, 0.3) is 11.8 Å². The SMILES string of the molecule is COc1cccc(OC)c1C(=O)Nc1ccc2c(c1)CN(Cc1ccccc1)C(=O)C(C)O2. The number of ether oxygens (including phenoxy) is 3. The lowest BCUT2D eigenvalue weighted by Gasteiger charge is -2.22. The molecule has 33 heavy (non-hydrogen) atoms. The first kappa shape index (κ1) is 22.2. The van der Waals surface area contributed by atoms with Gasteiger partial charge in [0.05, 0.1) is 14.2 Å². The van der Waals surface area contributed by atoms with E-state index in [9.17, 15) is 9.59 Å². The summed E-state index contributed by atoms with van der Waals surface area (Å²) >= 11 is 0. The molecular formula is C26H26N2O5. The zero-order chi connectivity index (χ0) is 23.4. The van der Waals surface area contributed by atoms with Gasteiger partial charge in [-0.2, -0.15) is 0 Å². The Hall–Kier alpha value is -4.00. The summed E-state index contributed by atoms with van der Waals surface area (Å²) in [5.74, 6) is 1.01. The van der Waals surface area contributed by atoms with E-state index in [0.717, 1.165) is 11.1 Å². The zero-order valence-electron chi connectivity index (χ0n) is 18.8. The minimum absolute atomic E-state index is 0.0839. The molecule has 2 amide bonds. The van der Waals surface area contributed by atoms with Gasteiger partial charge < -0.3 is 24.4 Å². The van der Waals surface area contributed by atoms with Gasteiger partial charge in [0.15, 0.2) is 6.10 Å². The van der Waals surface area contributed by atoms with Crippen molar-refractivity contribution in [2.45, 2.75) is 26.1 Å². The monoisotopic (exact) mass is 446 g/mol. The molecule has 0 fully saturated rings. The number of carbonyl (C=O) groups is 2. The Labute approximate surface area is 192 Å². The maximum Gasteiger partial charge on any atom is 0.263 e. The predicted molar refractivity (Wildman–Crippen MR) is 125 cm³/mol. The van der Waals surface area contributed by atoms with Crippen molar-refractivity contribution < 1.29 is 23.8 Å². The molecule has 4 rings (SSSR count). The molecule has 1 aliphatic rings. The van der Waals surface area contributed by atoms with Crippen molar-refractivity contribution in [2.75, 3.05) is 19.5 Å². The van der Waals surface area contributed by atoms with Crippen LogP contribution in [0, 0.1) is 0 Å². The van der Waals surface area contributed by atoms with E-state index in [0.29, 0.717) is 41.6 Å². The fourth-order valence-corrected chi connectivity index (χ4v) is 3.88. The van der Waals surface area contributed by atoms with E-state index in [-0.39, 0.29) is 11.8 Å². The van der Waals surface area contributed by atoms with E-state index in [1.54, 1.807) is 42.2 Å². The van der Waals surface area contributed by atoms with E-state index in [4.69, 9.17) is 14.2 Å². The lowest BCUT2D eigenvalue weighted by molar-refractivity contribution is -0.138. The van der Waals surface area contributed by atoms with Crippen LogP contribution in [0.3, 0.4) is 0 Å². The van der Waals surface area contributed by atoms with Crippen molar-refractivity contribution >= 4 is 17.5 Å². The van der Waals surface area contributed by atoms with Crippen LogP contribution in [0.5, 0.6) is 17.2 Å². The number of amides is 2. The molecule has 0 saturated carbocycles. The second-order valence-electron chi connectivity index (χ2n) is 7.75. The number of fused-ring (bicyclic) bond motifs is 1. The summed E-state index contributed by atoms with van der Waals surface area (Å²) in [7, 11) is 3.01. The number of nitrogens with zero attached hydrogens (tertiary/aromatic N) is 1. The van der Waals surface area contributed by atoms with Crippen LogP contribution in [-0.4, -0.2) is 37.0 Å². The van der Waals surface area contributed by atoms with Gasteiger partial charge in [-0.3, -0.25) is 9.59 Å². The normalized spacial score (nSPS) is 15.2. The molecule has 0 saturated heterocycles. The molecular weight excluding hydrogens is 420 g/mol. The van der Waals surface area contributed by atoms with Crippen LogP contribution in [0.25, 0.3) is 0 Å². The van der Waals surface area contributed by atoms with E-state index < -0.39 is 6.10 Å². The number of hydrogen-bond donors (Lipinski definition) is 1. The summed E-state index contributed by atoms with van der Waals surface area (Å²) in [5.41, 5.74) is 2.74. The Balaban J connectivity index is 1.60. The Morgan fingerprint density at radius 2 is 1.73 bits per heavy atom. The van der Waals surface area contributed by atoms with Crippen LogP contribution in [0.1, 0.15) is 28.4 Å². The third-order valence-corrected chi connectivity index (χ3v) is 5.51. The van der Waals surface area contributed by atoms with Crippen LogP contribution >= 0.6 is 0 Å². The Bertz CT molecular complexity index is 1140.